The summed E-state index contributed by atoms with van der Waals surface area (Å²) in [6.07, 6.45) is 8.54. The second kappa shape index (κ2) is 8.19. The van der Waals surface area contributed by atoms with Crippen molar-refractivity contribution >= 4 is 11.6 Å². The second-order valence-electron chi connectivity index (χ2n) is 7.61. The summed E-state index contributed by atoms with van der Waals surface area (Å²) in [4.78, 5) is 9.24. The van der Waals surface area contributed by atoms with Crippen LogP contribution in [0, 0.1) is 5.92 Å². The first-order chi connectivity index (χ1) is 14.1. The molecule has 2 aromatic heterocycles. The average Bonchev–Trinajstić information content (AvgIpc) is 3.12. The van der Waals surface area contributed by atoms with Gasteiger partial charge in [-0.05, 0) is 49.8 Å². The zero-order valence-corrected chi connectivity index (χ0v) is 17.4. The van der Waals surface area contributed by atoms with Gasteiger partial charge in [0, 0.05) is 24.0 Å². The Hall–Kier alpha value is -2.96. The molecule has 2 heterocycles. The van der Waals surface area contributed by atoms with Crippen LogP contribution in [0.25, 0.3) is 17.0 Å². The molecule has 0 unspecified atom stereocenters. The molecular formula is C22H28N4O3. The van der Waals surface area contributed by atoms with Gasteiger partial charge >= 0.3 is 0 Å². The van der Waals surface area contributed by atoms with E-state index in [0.717, 1.165) is 35.8 Å². The Bertz CT molecular complexity index is 968. The molecule has 1 fully saturated rings. The van der Waals surface area contributed by atoms with Crippen LogP contribution < -0.4 is 19.5 Å². The number of nitrogens with one attached hydrogen (secondary N) is 1. The number of nitrogens with zero attached hydrogens (tertiary/aromatic N) is 3. The Kier molecular flexibility index (Phi) is 5.47. The van der Waals surface area contributed by atoms with Crippen LogP contribution in [0.3, 0.4) is 0 Å². The molecule has 0 spiro atoms. The van der Waals surface area contributed by atoms with Gasteiger partial charge in [0.1, 0.15) is 11.5 Å². The standard InChI is InChI=1S/C22H28N4O3/c1-14-6-8-16(9-7-14)24-21-19(25-22-23-10-5-11-26(21)22)15-12-17(27-2)20(29-4)18(13-15)28-3/h5,10-14,16,24H,6-9H2,1-4H3. The molecule has 7 nitrogen and oxygen atoms in total. The van der Waals surface area contributed by atoms with Crippen molar-refractivity contribution in [2.24, 2.45) is 5.92 Å². The summed E-state index contributed by atoms with van der Waals surface area (Å²) in [7, 11) is 4.84. The minimum atomic E-state index is 0.423. The van der Waals surface area contributed by atoms with E-state index in [4.69, 9.17) is 19.2 Å². The van der Waals surface area contributed by atoms with Gasteiger partial charge < -0.3 is 19.5 Å². The zero-order valence-electron chi connectivity index (χ0n) is 17.4. The number of fused-ring (bicyclic) bond motifs is 1. The van der Waals surface area contributed by atoms with E-state index in [1.54, 1.807) is 27.5 Å². The summed E-state index contributed by atoms with van der Waals surface area (Å²) in [6, 6.07) is 6.20. The van der Waals surface area contributed by atoms with Crippen LogP contribution in [-0.2, 0) is 0 Å². The molecule has 3 aromatic rings. The molecule has 0 bridgehead atoms. The van der Waals surface area contributed by atoms with E-state index in [9.17, 15) is 0 Å². The summed E-state index contributed by atoms with van der Waals surface area (Å²) in [5, 5.41) is 3.74. The van der Waals surface area contributed by atoms with Crippen molar-refractivity contribution in [3.63, 3.8) is 0 Å². The number of aromatic nitrogens is 3. The summed E-state index contributed by atoms with van der Waals surface area (Å²) in [5.74, 6) is 4.17. The van der Waals surface area contributed by atoms with Crippen LogP contribution in [0.5, 0.6) is 17.2 Å². The molecule has 1 saturated carbocycles. The fourth-order valence-corrected chi connectivity index (χ4v) is 4.04. The highest BCUT2D eigenvalue weighted by Gasteiger charge is 2.24. The minimum absolute atomic E-state index is 0.423. The number of anilines is 1. The first-order valence-corrected chi connectivity index (χ1v) is 10.0. The van der Waals surface area contributed by atoms with Crippen LogP contribution in [-0.4, -0.2) is 41.7 Å². The number of benzene rings is 1. The molecular weight excluding hydrogens is 368 g/mol. The maximum atomic E-state index is 5.54. The molecule has 154 valence electrons. The van der Waals surface area contributed by atoms with Crippen molar-refractivity contribution in [1.82, 2.24) is 14.4 Å². The largest absolute Gasteiger partial charge is 0.493 e. The number of ether oxygens (including phenoxy) is 3. The number of hydrogen-bond donors (Lipinski definition) is 1. The van der Waals surface area contributed by atoms with Gasteiger partial charge in [0.05, 0.1) is 21.3 Å². The highest BCUT2D eigenvalue weighted by atomic mass is 16.5. The fourth-order valence-electron chi connectivity index (χ4n) is 4.04. The Morgan fingerprint density at radius 2 is 1.69 bits per heavy atom. The van der Waals surface area contributed by atoms with Crippen molar-refractivity contribution in [2.45, 2.75) is 38.6 Å². The van der Waals surface area contributed by atoms with Crippen molar-refractivity contribution in [1.29, 1.82) is 0 Å². The monoisotopic (exact) mass is 396 g/mol. The SMILES string of the molecule is COc1cc(-c2nc3ncccn3c2NC2CCC(C)CC2)cc(OC)c1OC. The molecule has 1 aromatic carbocycles. The Morgan fingerprint density at radius 3 is 2.31 bits per heavy atom. The van der Waals surface area contributed by atoms with Gasteiger partial charge in [0.25, 0.3) is 0 Å². The second-order valence-corrected chi connectivity index (χ2v) is 7.61. The first kappa shape index (κ1) is 19.4. The third-order valence-electron chi connectivity index (χ3n) is 5.70. The van der Waals surface area contributed by atoms with Crippen LogP contribution in [0.4, 0.5) is 5.82 Å². The Balaban J connectivity index is 1.81. The topological polar surface area (TPSA) is 69.9 Å². The number of methoxy groups -OCH3 is 3. The van der Waals surface area contributed by atoms with Crippen LogP contribution in [0.1, 0.15) is 32.6 Å². The van der Waals surface area contributed by atoms with E-state index < -0.39 is 0 Å². The predicted octanol–water partition coefficient (Wildman–Crippen LogP) is 4.41. The summed E-state index contributed by atoms with van der Waals surface area (Å²) in [6.45, 7) is 2.33. The molecule has 1 aliphatic carbocycles. The smallest absolute Gasteiger partial charge is 0.235 e. The maximum absolute atomic E-state index is 5.54. The lowest BCUT2D eigenvalue weighted by Crippen LogP contribution is -2.26. The predicted molar refractivity (Wildman–Crippen MR) is 113 cm³/mol. The molecule has 0 radical (unpaired) electrons. The summed E-state index contributed by atoms with van der Waals surface area (Å²) < 4.78 is 18.6. The van der Waals surface area contributed by atoms with Crippen molar-refractivity contribution in [3.05, 3.63) is 30.6 Å². The van der Waals surface area contributed by atoms with Gasteiger partial charge in [-0.25, -0.2) is 9.97 Å². The normalized spacial score (nSPS) is 19.2. The lowest BCUT2D eigenvalue weighted by atomic mass is 9.87. The van der Waals surface area contributed by atoms with Crippen molar-refractivity contribution in [3.8, 4) is 28.5 Å². The lowest BCUT2D eigenvalue weighted by molar-refractivity contribution is 0.324. The van der Waals surface area contributed by atoms with Crippen molar-refractivity contribution < 1.29 is 14.2 Å². The summed E-state index contributed by atoms with van der Waals surface area (Å²) in [5.41, 5.74) is 1.71. The fraction of sp³-hybridized carbons (Fsp3) is 0.455. The molecule has 4 rings (SSSR count). The molecule has 0 aliphatic heterocycles. The first-order valence-electron chi connectivity index (χ1n) is 10.0. The Labute approximate surface area is 171 Å². The molecule has 0 atom stereocenters. The summed E-state index contributed by atoms with van der Waals surface area (Å²) >= 11 is 0. The van der Waals surface area contributed by atoms with Gasteiger partial charge in [0.15, 0.2) is 11.5 Å². The lowest BCUT2D eigenvalue weighted by Gasteiger charge is -2.27. The molecule has 7 heteroatoms. The van der Waals surface area contributed by atoms with E-state index in [2.05, 4.69) is 17.2 Å². The number of rotatable bonds is 6. The van der Waals surface area contributed by atoms with Crippen LogP contribution >= 0.6 is 0 Å². The molecule has 1 N–H and O–H groups in total. The van der Waals surface area contributed by atoms with Crippen LogP contribution in [0.15, 0.2) is 30.6 Å². The van der Waals surface area contributed by atoms with Crippen LogP contribution in [0.2, 0.25) is 0 Å². The maximum Gasteiger partial charge on any atom is 0.235 e. The van der Waals surface area contributed by atoms with Gasteiger partial charge in [-0.3, -0.25) is 4.40 Å². The van der Waals surface area contributed by atoms with E-state index >= 15 is 0 Å². The Morgan fingerprint density at radius 1 is 1.00 bits per heavy atom. The van der Waals surface area contributed by atoms with Gasteiger partial charge in [-0.15, -0.1) is 0 Å². The van der Waals surface area contributed by atoms with E-state index in [-0.39, 0.29) is 0 Å². The highest BCUT2D eigenvalue weighted by molar-refractivity contribution is 5.79. The highest BCUT2D eigenvalue weighted by Crippen LogP contribution is 2.42. The minimum Gasteiger partial charge on any atom is -0.493 e. The molecule has 0 amide bonds. The quantitative estimate of drug-likeness (QED) is 0.665. The molecule has 1 aliphatic rings. The third kappa shape index (κ3) is 3.69. The number of imidazole rings is 1. The molecule has 0 saturated heterocycles. The van der Waals surface area contributed by atoms with Gasteiger partial charge in [-0.2, -0.15) is 0 Å². The van der Waals surface area contributed by atoms with E-state index in [0.29, 0.717) is 29.1 Å². The van der Waals surface area contributed by atoms with Crippen molar-refractivity contribution in [2.75, 3.05) is 26.6 Å². The zero-order chi connectivity index (χ0) is 20.4. The van der Waals surface area contributed by atoms with E-state index in [1.165, 1.54) is 12.8 Å². The average molecular weight is 396 g/mol. The van der Waals surface area contributed by atoms with Gasteiger partial charge in [-0.1, -0.05) is 6.92 Å². The molecule has 29 heavy (non-hydrogen) atoms. The third-order valence-corrected chi connectivity index (χ3v) is 5.70. The van der Waals surface area contributed by atoms with E-state index in [1.807, 2.05) is 28.8 Å². The van der Waals surface area contributed by atoms with Gasteiger partial charge in [0.2, 0.25) is 11.5 Å². The number of hydrogen-bond acceptors (Lipinski definition) is 6.